The Morgan fingerprint density at radius 2 is 1.68 bits per heavy atom. The third kappa shape index (κ3) is 4.13. The topological polar surface area (TPSA) is 52.7 Å². The average molecular weight is 325 g/mol. The maximum Gasteiger partial charge on any atom is 0.321 e. The minimum absolute atomic E-state index is 0.0559. The van der Waals surface area contributed by atoms with Crippen LogP contribution in [0, 0.1) is 5.82 Å². The molecule has 0 bridgehead atoms. The highest BCUT2D eigenvalue weighted by atomic mass is 32.2. The molecule has 0 radical (unpaired) electrons. The fraction of sp³-hybridized carbons (Fsp3) is 0.467. The molecule has 2 rings (SSSR count). The Labute approximate surface area is 133 Å². The molecule has 1 aliphatic heterocycles. The van der Waals surface area contributed by atoms with Gasteiger partial charge in [-0.15, -0.1) is 0 Å². The Hall–Kier alpha value is -1.76. The van der Waals surface area contributed by atoms with Crippen molar-refractivity contribution in [1.82, 2.24) is 9.80 Å². The Morgan fingerprint density at radius 1 is 1.14 bits per heavy atom. The van der Waals surface area contributed by atoms with Gasteiger partial charge in [0.05, 0.1) is 5.25 Å². The summed E-state index contributed by atoms with van der Waals surface area (Å²) in [7, 11) is 0. The van der Waals surface area contributed by atoms with Gasteiger partial charge < -0.3 is 15.1 Å². The molecule has 3 amide bonds. The minimum Gasteiger partial charge on any atom is -0.338 e. The lowest BCUT2D eigenvalue weighted by Crippen LogP contribution is -2.53. The van der Waals surface area contributed by atoms with E-state index in [0.717, 1.165) is 0 Å². The molecule has 0 spiro atoms. The number of hydrogen-bond donors (Lipinski definition) is 1. The second kappa shape index (κ2) is 7.49. The van der Waals surface area contributed by atoms with Crippen LogP contribution in [0.25, 0.3) is 0 Å². The van der Waals surface area contributed by atoms with Crippen molar-refractivity contribution in [2.24, 2.45) is 0 Å². The molecule has 0 saturated carbocycles. The van der Waals surface area contributed by atoms with Crippen molar-refractivity contribution in [2.75, 3.05) is 37.8 Å². The van der Waals surface area contributed by atoms with Gasteiger partial charge in [-0.3, -0.25) is 4.79 Å². The van der Waals surface area contributed by atoms with Crippen LogP contribution in [0.4, 0.5) is 14.9 Å². The van der Waals surface area contributed by atoms with Crippen LogP contribution in [-0.2, 0) is 4.79 Å². The fourth-order valence-corrected chi connectivity index (χ4v) is 2.57. The minimum atomic E-state index is -0.340. The van der Waals surface area contributed by atoms with Gasteiger partial charge in [0.1, 0.15) is 5.82 Å². The van der Waals surface area contributed by atoms with E-state index in [0.29, 0.717) is 31.9 Å². The third-order valence-corrected chi connectivity index (χ3v) is 4.58. The molecule has 1 fully saturated rings. The zero-order valence-electron chi connectivity index (χ0n) is 12.7. The van der Waals surface area contributed by atoms with Crippen molar-refractivity contribution < 1.29 is 14.0 Å². The third-order valence-electron chi connectivity index (χ3n) is 3.68. The monoisotopic (exact) mass is 325 g/mol. The molecular weight excluding hydrogens is 305 g/mol. The maximum atomic E-state index is 12.8. The van der Waals surface area contributed by atoms with E-state index < -0.39 is 0 Å². The SMILES string of the molecule is CSC(C)C(=O)N1CCN(C(=O)Nc2ccc(F)cc2)CC1. The van der Waals surface area contributed by atoms with Gasteiger partial charge in [0.2, 0.25) is 5.91 Å². The number of carbonyl (C=O) groups is 2. The van der Waals surface area contributed by atoms with E-state index in [-0.39, 0.29) is 23.0 Å². The molecule has 1 heterocycles. The summed E-state index contributed by atoms with van der Waals surface area (Å²) in [5, 5.41) is 2.67. The van der Waals surface area contributed by atoms with E-state index in [1.807, 2.05) is 13.2 Å². The smallest absolute Gasteiger partial charge is 0.321 e. The van der Waals surface area contributed by atoms with Crippen molar-refractivity contribution in [3.8, 4) is 0 Å². The molecule has 1 aromatic rings. The van der Waals surface area contributed by atoms with E-state index in [2.05, 4.69) is 5.32 Å². The Balaban J connectivity index is 1.84. The average Bonchev–Trinajstić information content (AvgIpc) is 2.55. The molecule has 7 heteroatoms. The standard InChI is InChI=1S/C15H20FN3O2S/c1-11(22-2)14(20)18-7-9-19(10-8-18)15(21)17-13-5-3-12(16)4-6-13/h3-6,11H,7-10H2,1-2H3,(H,17,21). The van der Waals surface area contributed by atoms with Crippen LogP contribution in [0.2, 0.25) is 0 Å². The van der Waals surface area contributed by atoms with Crippen molar-refractivity contribution in [1.29, 1.82) is 0 Å². The number of hydrogen-bond acceptors (Lipinski definition) is 3. The van der Waals surface area contributed by atoms with E-state index in [1.54, 1.807) is 9.80 Å². The van der Waals surface area contributed by atoms with Crippen molar-refractivity contribution >= 4 is 29.4 Å². The van der Waals surface area contributed by atoms with Crippen molar-refractivity contribution in [3.05, 3.63) is 30.1 Å². The Kier molecular flexibility index (Phi) is 5.65. The number of nitrogens with one attached hydrogen (secondary N) is 1. The molecule has 22 heavy (non-hydrogen) atoms. The number of rotatable bonds is 3. The molecule has 1 N–H and O–H groups in total. The Bertz CT molecular complexity index is 530. The van der Waals surface area contributed by atoms with Crippen molar-refractivity contribution in [3.63, 3.8) is 0 Å². The number of thioether (sulfide) groups is 1. The first kappa shape index (κ1) is 16.6. The van der Waals surface area contributed by atoms with Gasteiger partial charge in [0.15, 0.2) is 0 Å². The molecule has 1 aromatic carbocycles. The molecule has 0 aromatic heterocycles. The summed E-state index contributed by atoms with van der Waals surface area (Å²) >= 11 is 1.52. The maximum absolute atomic E-state index is 12.8. The first-order valence-corrected chi connectivity index (χ1v) is 8.43. The van der Waals surface area contributed by atoms with E-state index >= 15 is 0 Å². The predicted molar refractivity (Wildman–Crippen MR) is 86.5 cm³/mol. The van der Waals surface area contributed by atoms with Crippen molar-refractivity contribution in [2.45, 2.75) is 12.2 Å². The number of benzene rings is 1. The van der Waals surface area contributed by atoms with E-state index in [4.69, 9.17) is 0 Å². The van der Waals surface area contributed by atoms with Crippen LogP contribution in [-0.4, -0.2) is 59.4 Å². The van der Waals surface area contributed by atoms with Gasteiger partial charge in [-0.05, 0) is 37.4 Å². The van der Waals surface area contributed by atoms with Gasteiger partial charge in [-0.25, -0.2) is 9.18 Å². The number of amides is 3. The number of anilines is 1. The lowest BCUT2D eigenvalue weighted by atomic mass is 10.3. The zero-order chi connectivity index (χ0) is 16.1. The molecule has 120 valence electrons. The molecule has 5 nitrogen and oxygen atoms in total. The second-order valence-corrected chi connectivity index (χ2v) is 6.31. The molecule has 1 atom stereocenters. The molecule has 1 unspecified atom stereocenters. The van der Waals surface area contributed by atoms with E-state index in [1.165, 1.54) is 36.0 Å². The fourth-order valence-electron chi connectivity index (χ4n) is 2.22. The molecular formula is C15H20FN3O2S. The number of piperazine rings is 1. The van der Waals surface area contributed by atoms with Crippen LogP contribution in [0.3, 0.4) is 0 Å². The predicted octanol–water partition coefficient (Wildman–Crippen LogP) is 2.25. The van der Waals surface area contributed by atoms with Crippen LogP contribution in [0.1, 0.15) is 6.92 Å². The highest BCUT2D eigenvalue weighted by molar-refractivity contribution is 7.99. The second-order valence-electron chi connectivity index (χ2n) is 5.13. The molecule has 0 aliphatic carbocycles. The zero-order valence-corrected chi connectivity index (χ0v) is 13.5. The lowest BCUT2D eigenvalue weighted by Gasteiger charge is -2.35. The summed E-state index contributed by atoms with van der Waals surface area (Å²) in [6.07, 6.45) is 1.91. The summed E-state index contributed by atoms with van der Waals surface area (Å²) in [4.78, 5) is 27.7. The highest BCUT2D eigenvalue weighted by Crippen LogP contribution is 2.13. The van der Waals surface area contributed by atoms with E-state index in [9.17, 15) is 14.0 Å². The largest absolute Gasteiger partial charge is 0.338 e. The molecule has 1 saturated heterocycles. The summed E-state index contributed by atoms with van der Waals surface area (Å²) in [6, 6.07) is 5.42. The van der Waals surface area contributed by atoms with Crippen LogP contribution in [0.15, 0.2) is 24.3 Å². The van der Waals surface area contributed by atoms with Crippen LogP contribution < -0.4 is 5.32 Å². The highest BCUT2D eigenvalue weighted by Gasteiger charge is 2.26. The van der Waals surface area contributed by atoms with Gasteiger partial charge in [-0.1, -0.05) is 0 Å². The van der Waals surface area contributed by atoms with Gasteiger partial charge in [0.25, 0.3) is 0 Å². The number of urea groups is 1. The summed E-state index contributed by atoms with van der Waals surface area (Å²) in [6.45, 7) is 3.97. The van der Waals surface area contributed by atoms with Crippen LogP contribution in [0.5, 0.6) is 0 Å². The number of halogens is 1. The Morgan fingerprint density at radius 3 is 2.23 bits per heavy atom. The summed E-state index contributed by atoms with van der Waals surface area (Å²) in [5.41, 5.74) is 0.556. The number of nitrogens with zero attached hydrogens (tertiary/aromatic N) is 2. The molecule has 1 aliphatic rings. The normalized spacial score (nSPS) is 16.3. The quantitative estimate of drug-likeness (QED) is 0.927. The first-order chi connectivity index (χ1) is 10.5. The lowest BCUT2D eigenvalue weighted by molar-refractivity contribution is -0.131. The summed E-state index contributed by atoms with van der Waals surface area (Å²) in [5.74, 6) is -0.223. The van der Waals surface area contributed by atoms with Crippen LogP contribution >= 0.6 is 11.8 Å². The van der Waals surface area contributed by atoms with Gasteiger partial charge >= 0.3 is 6.03 Å². The van der Waals surface area contributed by atoms with Gasteiger partial charge in [0, 0.05) is 31.9 Å². The number of carbonyl (C=O) groups excluding carboxylic acids is 2. The van der Waals surface area contributed by atoms with Gasteiger partial charge in [-0.2, -0.15) is 11.8 Å². The first-order valence-electron chi connectivity index (χ1n) is 7.14. The summed E-state index contributed by atoms with van der Waals surface area (Å²) < 4.78 is 12.8.